The normalized spacial score (nSPS) is 21.4. The molecule has 1 aliphatic carbocycles. The summed E-state index contributed by atoms with van der Waals surface area (Å²) in [6, 6.07) is 0. The third-order valence-electron chi connectivity index (χ3n) is 3.09. The van der Waals surface area contributed by atoms with Gasteiger partial charge in [-0.15, -0.1) is 0 Å². The highest BCUT2D eigenvalue weighted by atomic mass is 35.5. The van der Waals surface area contributed by atoms with Gasteiger partial charge in [0.2, 0.25) is 11.7 Å². The molecule has 0 bridgehead atoms. The number of halogens is 1. The summed E-state index contributed by atoms with van der Waals surface area (Å²) >= 11 is 5.95. The summed E-state index contributed by atoms with van der Waals surface area (Å²) in [5, 5.41) is 9.06. The van der Waals surface area contributed by atoms with Crippen molar-refractivity contribution in [2.24, 2.45) is 0 Å². The van der Waals surface area contributed by atoms with Crippen molar-refractivity contribution in [1.82, 2.24) is 19.5 Å². The molecule has 2 aromatic heterocycles. The minimum Gasteiger partial charge on any atom is -0.450 e. The van der Waals surface area contributed by atoms with E-state index in [4.69, 9.17) is 27.2 Å². The van der Waals surface area contributed by atoms with Crippen molar-refractivity contribution in [2.75, 3.05) is 5.73 Å². The van der Waals surface area contributed by atoms with E-state index in [1.165, 1.54) is 10.9 Å². The van der Waals surface area contributed by atoms with Crippen molar-refractivity contribution in [3.8, 4) is 0 Å². The number of hydrogen-bond donors (Lipinski definition) is 2. The number of aromatic nitrogens is 4. The van der Waals surface area contributed by atoms with Gasteiger partial charge in [-0.1, -0.05) is 17.7 Å². The number of nitrogens with zero attached hydrogens (tertiary/aromatic N) is 4. The lowest BCUT2D eigenvalue weighted by atomic mass is 10.2. The number of fused-ring (bicyclic) bond motifs is 1. The van der Waals surface area contributed by atoms with Crippen molar-refractivity contribution in [2.45, 2.75) is 18.6 Å². The molecule has 1 unspecified atom stereocenters. The number of ether oxygens (including phenoxy) is 1. The van der Waals surface area contributed by atoms with Crippen LogP contribution in [0, 0.1) is 0 Å². The maximum absolute atomic E-state index is 11.0. The molecule has 0 aliphatic heterocycles. The molecule has 104 valence electrons. The lowest BCUT2D eigenvalue weighted by Crippen LogP contribution is -2.34. The lowest BCUT2D eigenvalue weighted by molar-refractivity contribution is -0.0355. The molecule has 0 radical (unpaired) electrons. The molecule has 8 nitrogen and oxygen atoms in total. The van der Waals surface area contributed by atoms with Gasteiger partial charge in [0.1, 0.15) is 11.8 Å². The molecule has 9 heteroatoms. The van der Waals surface area contributed by atoms with Crippen LogP contribution in [-0.2, 0) is 10.5 Å². The van der Waals surface area contributed by atoms with Crippen molar-refractivity contribution < 1.29 is 14.6 Å². The SMILES string of the molecule is Nc1nc(Cl)c2ncn(C3(OC(=O)O)C=CCC3)c2n1. The monoisotopic (exact) mass is 295 g/mol. The molecule has 3 rings (SSSR count). The predicted octanol–water partition coefficient (Wildman–Crippen LogP) is 1.76. The zero-order valence-corrected chi connectivity index (χ0v) is 10.9. The highest BCUT2D eigenvalue weighted by Crippen LogP contribution is 2.35. The first-order valence-electron chi connectivity index (χ1n) is 5.78. The van der Waals surface area contributed by atoms with Crippen LogP contribution < -0.4 is 5.73 Å². The second-order valence-electron chi connectivity index (χ2n) is 4.31. The fraction of sp³-hybridized carbons (Fsp3) is 0.273. The Morgan fingerprint density at radius 3 is 3.00 bits per heavy atom. The van der Waals surface area contributed by atoms with Crippen molar-refractivity contribution in [1.29, 1.82) is 0 Å². The van der Waals surface area contributed by atoms with Crippen LogP contribution >= 0.6 is 11.6 Å². The van der Waals surface area contributed by atoms with Gasteiger partial charge < -0.3 is 15.6 Å². The summed E-state index contributed by atoms with van der Waals surface area (Å²) in [5.41, 5.74) is 5.07. The highest BCUT2D eigenvalue weighted by Gasteiger charge is 2.38. The predicted molar refractivity (Wildman–Crippen MR) is 70.2 cm³/mol. The molecule has 20 heavy (non-hydrogen) atoms. The number of carboxylic acid groups (broad SMARTS) is 1. The van der Waals surface area contributed by atoms with Gasteiger partial charge in [0, 0.05) is 6.42 Å². The van der Waals surface area contributed by atoms with Gasteiger partial charge in [0.05, 0.1) is 0 Å². The van der Waals surface area contributed by atoms with E-state index in [0.29, 0.717) is 24.0 Å². The molecule has 0 amide bonds. The van der Waals surface area contributed by atoms with Crippen LogP contribution in [0.25, 0.3) is 11.2 Å². The van der Waals surface area contributed by atoms with E-state index in [9.17, 15) is 4.79 Å². The third kappa shape index (κ3) is 1.85. The fourth-order valence-electron chi connectivity index (χ4n) is 2.29. The van der Waals surface area contributed by atoms with Gasteiger partial charge in [0.15, 0.2) is 10.8 Å². The minimum absolute atomic E-state index is 0.0169. The molecule has 1 aliphatic rings. The zero-order chi connectivity index (χ0) is 14.3. The summed E-state index contributed by atoms with van der Waals surface area (Å²) in [7, 11) is 0. The van der Waals surface area contributed by atoms with Crippen LogP contribution in [0.15, 0.2) is 18.5 Å². The maximum Gasteiger partial charge on any atom is 0.508 e. The van der Waals surface area contributed by atoms with E-state index in [-0.39, 0.29) is 11.1 Å². The van der Waals surface area contributed by atoms with Gasteiger partial charge in [-0.3, -0.25) is 4.57 Å². The minimum atomic E-state index is -1.38. The van der Waals surface area contributed by atoms with Crippen molar-refractivity contribution in [3.05, 3.63) is 23.6 Å². The molecular formula is C11H10ClN5O3. The molecule has 0 fully saturated rings. The van der Waals surface area contributed by atoms with Crippen LogP contribution in [0.4, 0.5) is 10.7 Å². The van der Waals surface area contributed by atoms with Gasteiger partial charge in [0.25, 0.3) is 0 Å². The van der Waals surface area contributed by atoms with E-state index >= 15 is 0 Å². The number of imidazole rings is 1. The second kappa shape index (κ2) is 4.34. The Kier molecular flexibility index (Phi) is 2.75. The van der Waals surface area contributed by atoms with Crippen LogP contribution in [0.1, 0.15) is 12.8 Å². The van der Waals surface area contributed by atoms with E-state index in [0.717, 1.165) is 0 Å². The molecule has 0 saturated heterocycles. The fourth-order valence-corrected chi connectivity index (χ4v) is 2.51. The second-order valence-corrected chi connectivity index (χ2v) is 4.67. The Hall–Kier alpha value is -2.35. The van der Waals surface area contributed by atoms with Crippen LogP contribution in [0.5, 0.6) is 0 Å². The number of carbonyl (C=O) groups is 1. The summed E-state index contributed by atoms with van der Waals surface area (Å²) < 4.78 is 6.54. The van der Waals surface area contributed by atoms with E-state index < -0.39 is 11.9 Å². The maximum atomic E-state index is 11.0. The average molecular weight is 296 g/mol. The van der Waals surface area contributed by atoms with E-state index in [1.54, 1.807) is 6.08 Å². The van der Waals surface area contributed by atoms with Crippen molar-refractivity contribution >= 4 is 34.9 Å². The third-order valence-corrected chi connectivity index (χ3v) is 3.35. The molecule has 2 heterocycles. The summed E-state index contributed by atoms with van der Waals surface area (Å²) in [4.78, 5) is 22.9. The summed E-state index contributed by atoms with van der Waals surface area (Å²) in [6.07, 6.45) is 4.66. The Bertz CT molecular complexity index is 728. The van der Waals surface area contributed by atoms with Crippen LogP contribution in [0.2, 0.25) is 5.15 Å². The highest BCUT2D eigenvalue weighted by molar-refractivity contribution is 6.33. The Morgan fingerprint density at radius 2 is 2.35 bits per heavy atom. The number of nitrogens with two attached hydrogens (primary N) is 1. The van der Waals surface area contributed by atoms with Crippen LogP contribution in [-0.4, -0.2) is 30.8 Å². The summed E-state index contributed by atoms with van der Waals surface area (Å²) in [5.74, 6) is -0.0169. The first kappa shape index (κ1) is 12.7. The number of hydrogen-bond acceptors (Lipinski definition) is 6. The quantitative estimate of drug-likeness (QED) is 0.492. The zero-order valence-electron chi connectivity index (χ0n) is 10.2. The lowest BCUT2D eigenvalue weighted by Gasteiger charge is -2.27. The molecule has 2 aromatic rings. The molecule has 1 atom stereocenters. The first-order chi connectivity index (χ1) is 9.52. The van der Waals surface area contributed by atoms with Gasteiger partial charge >= 0.3 is 6.16 Å². The molecule has 3 N–H and O–H groups in total. The molecular weight excluding hydrogens is 286 g/mol. The van der Waals surface area contributed by atoms with Crippen LogP contribution in [0.3, 0.4) is 0 Å². The average Bonchev–Trinajstić information content (AvgIpc) is 2.95. The first-order valence-corrected chi connectivity index (χ1v) is 6.16. The standard InChI is InChI=1S/C11H10ClN5O3/c12-7-6-8(16-9(13)15-7)17(5-14-6)11(20-10(18)19)3-1-2-4-11/h1,3,5H,2,4H2,(H,18,19)(H2,13,15,16). The Morgan fingerprint density at radius 1 is 1.55 bits per heavy atom. The van der Waals surface area contributed by atoms with Crippen molar-refractivity contribution in [3.63, 3.8) is 0 Å². The number of rotatable bonds is 2. The Balaban J connectivity index is 2.22. The smallest absolute Gasteiger partial charge is 0.450 e. The van der Waals surface area contributed by atoms with E-state index in [1.807, 2.05) is 6.08 Å². The number of anilines is 1. The number of nitrogen functional groups attached to an aromatic ring is 1. The van der Waals surface area contributed by atoms with Gasteiger partial charge in [-0.05, 0) is 12.5 Å². The molecule has 0 saturated carbocycles. The molecule has 0 spiro atoms. The summed E-state index contributed by atoms with van der Waals surface area (Å²) in [6.45, 7) is 0. The number of allylic oxidation sites excluding steroid dienone is 1. The molecule has 0 aromatic carbocycles. The Labute approximate surface area is 117 Å². The van der Waals surface area contributed by atoms with Gasteiger partial charge in [-0.2, -0.15) is 9.97 Å². The van der Waals surface area contributed by atoms with E-state index in [2.05, 4.69) is 15.0 Å². The van der Waals surface area contributed by atoms with Gasteiger partial charge in [-0.25, -0.2) is 9.78 Å². The largest absolute Gasteiger partial charge is 0.508 e. The topological polar surface area (TPSA) is 116 Å².